The highest BCUT2D eigenvalue weighted by atomic mass is 35.5. The Labute approximate surface area is 171 Å². The van der Waals surface area contributed by atoms with Crippen molar-refractivity contribution in [1.29, 1.82) is 0 Å². The molecule has 1 aliphatic rings. The van der Waals surface area contributed by atoms with Crippen LogP contribution in [0.25, 0.3) is 0 Å². The first-order chi connectivity index (χ1) is 13.6. The minimum Gasteiger partial charge on any atom is -0.356 e. The molecule has 28 heavy (non-hydrogen) atoms. The predicted molar refractivity (Wildman–Crippen MR) is 114 cm³/mol. The molecule has 0 spiro atoms. The van der Waals surface area contributed by atoms with Gasteiger partial charge in [0.15, 0.2) is 0 Å². The third-order valence-electron chi connectivity index (χ3n) is 5.29. The van der Waals surface area contributed by atoms with Gasteiger partial charge >= 0.3 is 0 Å². The van der Waals surface area contributed by atoms with Gasteiger partial charge in [-0.25, -0.2) is 9.97 Å². The van der Waals surface area contributed by atoms with Crippen LogP contribution in [0.15, 0.2) is 48.7 Å². The van der Waals surface area contributed by atoms with Crippen LogP contribution in [0.4, 0.5) is 5.82 Å². The molecule has 0 amide bonds. The summed E-state index contributed by atoms with van der Waals surface area (Å²) in [7, 11) is 0. The summed E-state index contributed by atoms with van der Waals surface area (Å²) in [5, 5.41) is 0.771. The number of piperidine rings is 1. The van der Waals surface area contributed by atoms with Gasteiger partial charge in [0.1, 0.15) is 11.6 Å². The second-order valence-electron chi connectivity index (χ2n) is 7.59. The van der Waals surface area contributed by atoms with Crippen LogP contribution >= 0.6 is 11.6 Å². The van der Waals surface area contributed by atoms with Crippen molar-refractivity contribution in [1.82, 2.24) is 15.0 Å². The third-order valence-corrected chi connectivity index (χ3v) is 5.54. The maximum absolute atomic E-state index is 5.97. The molecule has 2 aromatic heterocycles. The first-order valence-corrected chi connectivity index (χ1v) is 10.2. The molecule has 1 fully saturated rings. The summed E-state index contributed by atoms with van der Waals surface area (Å²) in [5.74, 6) is 2.31. The van der Waals surface area contributed by atoms with E-state index < -0.39 is 0 Å². The van der Waals surface area contributed by atoms with Crippen molar-refractivity contribution >= 4 is 17.4 Å². The van der Waals surface area contributed by atoms with E-state index in [1.54, 1.807) is 0 Å². The number of anilines is 1. The summed E-state index contributed by atoms with van der Waals surface area (Å²) in [6.45, 7) is 5.99. The molecule has 1 aromatic carbocycles. The number of hydrogen-bond acceptors (Lipinski definition) is 4. The SMILES string of the molecule is Cc1cc(N2CCC[C@@H](c3ccc(Cc4ccc(Cl)cc4)cn3)C2)nc(C)n1. The molecular formula is C23H25ClN4. The summed E-state index contributed by atoms with van der Waals surface area (Å²) in [5.41, 5.74) is 4.67. The second kappa shape index (κ2) is 8.27. The number of aryl methyl sites for hydroxylation is 2. The first-order valence-electron chi connectivity index (χ1n) is 9.83. The Morgan fingerprint density at radius 2 is 1.82 bits per heavy atom. The van der Waals surface area contributed by atoms with E-state index in [9.17, 15) is 0 Å². The monoisotopic (exact) mass is 392 g/mol. The van der Waals surface area contributed by atoms with Gasteiger partial charge in [-0.1, -0.05) is 29.8 Å². The van der Waals surface area contributed by atoms with Gasteiger partial charge in [-0.15, -0.1) is 0 Å². The number of hydrogen-bond donors (Lipinski definition) is 0. The van der Waals surface area contributed by atoms with Crippen LogP contribution in [0.1, 0.15) is 47.1 Å². The molecule has 3 aromatic rings. The van der Waals surface area contributed by atoms with E-state index in [4.69, 9.17) is 16.6 Å². The zero-order chi connectivity index (χ0) is 19.5. The fourth-order valence-corrected chi connectivity index (χ4v) is 4.03. The van der Waals surface area contributed by atoms with Crippen molar-refractivity contribution in [2.24, 2.45) is 0 Å². The lowest BCUT2D eigenvalue weighted by molar-refractivity contribution is 0.498. The third kappa shape index (κ3) is 4.50. The highest BCUT2D eigenvalue weighted by Gasteiger charge is 2.23. The fourth-order valence-electron chi connectivity index (χ4n) is 3.91. The Kier molecular flexibility index (Phi) is 5.58. The van der Waals surface area contributed by atoms with Crippen LogP contribution in [0.5, 0.6) is 0 Å². The molecule has 0 bridgehead atoms. The van der Waals surface area contributed by atoms with Crippen molar-refractivity contribution in [3.63, 3.8) is 0 Å². The quantitative estimate of drug-likeness (QED) is 0.618. The Balaban J connectivity index is 1.45. The van der Waals surface area contributed by atoms with Crippen molar-refractivity contribution in [3.8, 4) is 0 Å². The lowest BCUT2D eigenvalue weighted by atomic mass is 9.93. The fraction of sp³-hybridized carbons (Fsp3) is 0.348. The van der Waals surface area contributed by atoms with Crippen LogP contribution in [0.2, 0.25) is 5.02 Å². The zero-order valence-electron chi connectivity index (χ0n) is 16.4. The number of halogens is 1. The standard InChI is InChI=1S/C23H25ClN4/c1-16-12-23(27-17(2)26-16)28-11-3-4-20(15-28)22-10-7-19(14-25-22)13-18-5-8-21(24)9-6-18/h5-10,12,14,20H,3-4,11,13,15H2,1-2H3/t20-/m1/s1. The largest absolute Gasteiger partial charge is 0.356 e. The minimum absolute atomic E-state index is 0.439. The van der Waals surface area contributed by atoms with Crippen molar-refractivity contribution in [2.75, 3.05) is 18.0 Å². The topological polar surface area (TPSA) is 41.9 Å². The molecule has 0 radical (unpaired) electrons. The number of pyridine rings is 1. The lowest BCUT2D eigenvalue weighted by Crippen LogP contribution is -2.35. The van der Waals surface area contributed by atoms with E-state index in [1.165, 1.54) is 23.2 Å². The Morgan fingerprint density at radius 3 is 2.54 bits per heavy atom. The lowest BCUT2D eigenvalue weighted by Gasteiger charge is -2.33. The van der Waals surface area contributed by atoms with Crippen molar-refractivity contribution in [3.05, 3.63) is 82.0 Å². The van der Waals surface area contributed by atoms with Crippen LogP contribution in [-0.2, 0) is 6.42 Å². The minimum atomic E-state index is 0.439. The molecular weight excluding hydrogens is 368 g/mol. The van der Waals surface area contributed by atoms with Gasteiger partial charge < -0.3 is 4.90 Å². The van der Waals surface area contributed by atoms with Crippen LogP contribution in [-0.4, -0.2) is 28.0 Å². The van der Waals surface area contributed by atoms with E-state index in [0.29, 0.717) is 5.92 Å². The number of benzene rings is 1. The molecule has 0 aliphatic carbocycles. The summed E-state index contributed by atoms with van der Waals surface area (Å²) >= 11 is 5.97. The zero-order valence-corrected chi connectivity index (χ0v) is 17.2. The normalized spacial score (nSPS) is 17.0. The summed E-state index contributed by atoms with van der Waals surface area (Å²) in [6, 6.07) is 14.5. The Bertz CT molecular complexity index is 918. The molecule has 1 saturated heterocycles. The van der Waals surface area contributed by atoms with Gasteiger partial charge in [0.2, 0.25) is 0 Å². The summed E-state index contributed by atoms with van der Waals surface area (Å²) < 4.78 is 0. The van der Waals surface area contributed by atoms with E-state index in [1.807, 2.05) is 32.2 Å². The van der Waals surface area contributed by atoms with E-state index in [0.717, 1.165) is 48.3 Å². The van der Waals surface area contributed by atoms with Crippen LogP contribution in [0.3, 0.4) is 0 Å². The van der Waals surface area contributed by atoms with Gasteiger partial charge in [-0.05, 0) is 62.4 Å². The molecule has 0 unspecified atom stereocenters. The summed E-state index contributed by atoms with van der Waals surface area (Å²) in [6.07, 6.45) is 5.21. The van der Waals surface area contributed by atoms with Gasteiger partial charge in [-0.3, -0.25) is 4.98 Å². The van der Waals surface area contributed by atoms with Gasteiger partial charge in [0.25, 0.3) is 0 Å². The number of nitrogens with zero attached hydrogens (tertiary/aromatic N) is 4. The molecule has 1 aliphatic heterocycles. The molecule has 1 atom stereocenters. The maximum atomic E-state index is 5.97. The molecule has 144 valence electrons. The maximum Gasteiger partial charge on any atom is 0.132 e. The first kappa shape index (κ1) is 18.9. The van der Waals surface area contributed by atoms with E-state index in [-0.39, 0.29) is 0 Å². The summed E-state index contributed by atoms with van der Waals surface area (Å²) in [4.78, 5) is 16.2. The Hall–Kier alpha value is -2.46. The average molecular weight is 393 g/mol. The van der Waals surface area contributed by atoms with Crippen LogP contribution in [0, 0.1) is 13.8 Å². The highest BCUT2D eigenvalue weighted by Crippen LogP contribution is 2.28. The number of aromatic nitrogens is 3. The Morgan fingerprint density at radius 1 is 1.04 bits per heavy atom. The predicted octanol–water partition coefficient (Wildman–Crippen LogP) is 5.12. The van der Waals surface area contributed by atoms with Crippen molar-refractivity contribution < 1.29 is 0 Å². The van der Waals surface area contributed by atoms with E-state index >= 15 is 0 Å². The molecule has 4 nitrogen and oxygen atoms in total. The second-order valence-corrected chi connectivity index (χ2v) is 8.03. The highest BCUT2D eigenvalue weighted by molar-refractivity contribution is 6.30. The molecule has 5 heteroatoms. The molecule has 3 heterocycles. The van der Waals surface area contributed by atoms with Crippen LogP contribution < -0.4 is 4.90 Å². The molecule has 0 N–H and O–H groups in total. The number of rotatable bonds is 4. The van der Waals surface area contributed by atoms with Gasteiger partial charge in [-0.2, -0.15) is 0 Å². The van der Waals surface area contributed by atoms with Gasteiger partial charge in [0.05, 0.1) is 0 Å². The smallest absolute Gasteiger partial charge is 0.132 e. The van der Waals surface area contributed by atoms with E-state index in [2.05, 4.69) is 45.2 Å². The molecule has 4 rings (SSSR count). The van der Waals surface area contributed by atoms with Gasteiger partial charge in [0, 0.05) is 47.7 Å². The molecule has 0 saturated carbocycles. The van der Waals surface area contributed by atoms with Crippen molar-refractivity contribution in [2.45, 2.75) is 39.0 Å². The average Bonchev–Trinajstić information content (AvgIpc) is 2.70.